The van der Waals surface area contributed by atoms with Crippen LogP contribution in [-0.2, 0) is 4.74 Å². The Kier molecular flexibility index (Phi) is 5.71. The van der Waals surface area contributed by atoms with Gasteiger partial charge < -0.3 is 9.47 Å². The number of rotatable bonds is 7. The van der Waals surface area contributed by atoms with Gasteiger partial charge in [0.25, 0.3) is 0 Å². The van der Waals surface area contributed by atoms with E-state index in [-0.39, 0.29) is 5.76 Å². The highest BCUT2D eigenvalue weighted by atomic mass is 16.5. The fourth-order valence-corrected chi connectivity index (χ4v) is 1.30. The molecule has 0 aliphatic heterocycles. The maximum Gasteiger partial charge on any atom is 0.347 e. The predicted molar refractivity (Wildman–Crippen MR) is 71.6 cm³/mol. The van der Waals surface area contributed by atoms with E-state index in [2.05, 4.69) is 20.1 Å². The van der Waals surface area contributed by atoms with Crippen LogP contribution < -0.4 is 4.74 Å². The van der Waals surface area contributed by atoms with Crippen molar-refractivity contribution >= 4 is 5.97 Å². The van der Waals surface area contributed by atoms with Gasteiger partial charge in [0.15, 0.2) is 0 Å². The molecule has 1 aromatic carbocycles. The average Bonchev–Trinajstić information content (AvgIpc) is 2.39. The van der Waals surface area contributed by atoms with Crippen LogP contribution in [0.25, 0.3) is 0 Å². The lowest BCUT2D eigenvalue weighted by atomic mass is 10.2. The Labute approximate surface area is 108 Å². The summed E-state index contributed by atoms with van der Waals surface area (Å²) < 4.78 is 10.6. The second-order valence-corrected chi connectivity index (χ2v) is 3.76. The third-order valence-electron chi connectivity index (χ3n) is 2.31. The summed E-state index contributed by atoms with van der Waals surface area (Å²) in [5.74, 6) is 0.281. The minimum atomic E-state index is -0.480. The van der Waals surface area contributed by atoms with E-state index < -0.39 is 5.97 Å². The van der Waals surface area contributed by atoms with E-state index in [9.17, 15) is 4.79 Å². The Morgan fingerprint density at radius 3 is 2.78 bits per heavy atom. The van der Waals surface area contributed by atoms with Crippen molar-refractivity contribution in [3.63, 3.8) is 0 Å². The Morgan fingerprint density at radius 2 is 2.11 bits per heavy atom. The highest BCUT2D eigenvalue weighted by Crippen LogP contribution is 2.20. The number of benzene rings is 1. The molecule has 0 spiro atoms. The largest absolute Gasteiger partial charge is 0.493 e. The smallest absolute Gasteiger partial charge is 0.347 e. The molecule has 0 aliphatic rings. The van der Waals surface area contributed by atoms with Gasteiger partial charge in [-0.15, -0.1) is 0 Å². The van der Waals surface area contributed by atoms with E-state index in [4.69, 9.17) is 9.47 Å². The van der Waals surface area contributed by atoms with Gasteiger partial charge in [-0.05, 0) is 24.6 Å². The predicted octanol–water partition coefficient (Wildman–Crippen LogP) is 3.72. The number of esters is 1. The maximum absolute atomic E-state index is 11.9. The number of carbonyl (C=O) groups excluding carboxylic acids is 1. The first-order valence-corrected chi connectivity index (χ1v) is 5.94. The molecule has 0 fully saturated rings. The number of para-hydroxylation sites is 1. The SMILES string of the molecule is C=CC(=C)OC(=O)c1ccccc1OCCCC. The van der Waals surface area contributed by atoms with E-state index >= 15 is 0 Å². The summed E-state index contributed by atoms with van der Waals surface area (Å²) in [4.78, 5) is 11.9. The number of hydrogen-bond acceptors (Lipinski definition) is 3. The molecule has 3 nitrogen and oxygen atoms in total. The summed E-state index contributed by atoms with van der Waals surface area (Å²) in [6, 6.07) is 7.00. The summed E-state index contributed by atoms with van der Waals surface area (Å²) in [7, 11) is 0. The summed E-state index contributed by atoms with van der Waals surface area (Å²) in [5, 5.41) is 0. The number of unbranched alkanes of at least 4 members (excludes halogenated alkanes) is 1. The van der Waals surface area contributed by atoms with Crippen LogP contribution in [0.4, 0.5) is 0 Å². The number of allylic oxidation sites excluding steroid dienone is 1. The molecule has 0 radical (unpaired) electrons. The van der Waals surface area contributed by atoms with E-state index in [0.717, 1.165) is 12.8 Å². The van der Waals surface area contributed by atoms with Gasteiger partial charge >= 0.3 is 5.97 Å². The zero-order valence-corrected chi connectivity index (χ0v) is 10.6. The Balaban J connectivity index is 2.77. The second kappa shape index (κ2) is 7.33. The standard InChI is InChI=1S/C15H18O3/c1-4-6-11-17-14-10-8-7-9-13(14)15(16)18-12(3)5-2/h5,7-10H,2-4,6,11H2,1H3. The van der Waals surface area contributed by atoms with E-state index in [0.29, 0.717) is 17.9 Å². The fourth-order valence-electron chi connectivity index (χ4n) is 1.30. The van der Waals surface area contributed by atoms with Gasteiger partial charge in [0.1, 0.15) is 17.1 Å². The average molecular weight is 246 g/mol. The zero-order valence-electron chi connectivity index (χ0n) is 10.6. The second-order valence-electron chi connectivity index (χ2n) is 3.76. The molecule has 3 heteroatoms. The molecular formula is C15H18O3. The number of hydrogen-bond donors (Lipinski definition) is 0. The molecule has 0 saturated carbocycles. The molecule has 0 bridgehead atoms. The van der Waals surface area contributed by atoms with Crippen molar-refractivity contribution < 1.29 is 14.3 Å². The summed E-state index contributed by atoms with van der Waals surface area (Å²) >= 11 is 0. The molecule has 1 aromatic rings. The lowest BCUT2D eigenvalue weighted by Gasteiger charge is -2.10. The fraction of sp³-hybridized carbons (Fsp3) is 0.267. The first kappa shape index (κ1) is 14.0. The summed E-state index contributed by atoms with van der Waals surface area (Å²) in [6.45, 7) is 9.69. The van der Waals surface area contributed by atoms with Gasteiger partial charge in [-0.2, -0.15) is 0 Å². The van der Waals surface area contributed by atoms with Gasteiger partial charge in [-0.25, -0.2) is 4.79 Å². The molecular weight excluding hydrogens is 228 g/mol. The summed E-state index contributed by atoms with van der Waals surface area (Å²) in [6.07, 6.45) is 3.38. The minimum absolute atomic E-state index is 0.225. The van der Waals surface area contributed by atoms with Crippen molar-refractivity contribution in [3.8, 4) is 5.75 Å². The molecule has 0 atom stereocenters. The Hall–Kier alpha value is -2.03. The van der Waals surface area contributed by atoms with Gasteiger partial charge in [0, 0.05) is 0 Å². The zero-order chi connectivity index (χ0) is 13.4. The molecule has 96 valence electrons. The Morgan fingerprint density at radius 1 is 1.39 bits per heavy atom. The van der Waals surface area contributed by atoms with Crippen molar-refractivity contribution in [3.05, 3.63) is 54.8 Å². The third kappa shape index (κ3) is 4.09. The lowest BCUT2D eigenvalue weighted by Crippen LogP contribution is -2.07. The van der Waals surface area contributed by atoms with Crippen molar-refractivity contribution in [1.29, 1.82) is 0 Å². The molecule has 18 heavy (non-hydrogen) atoms. The van der Waals surface area contributed by atoms with Crippen LogP contribution in [0.2, 0.25) is 0 Å². The molecule has 0 aromatic heterocycles. The van der Waals surface area contributed by atoms with Crippen LogP contribution >= 0.6 is 0 Å². The monoisotopic (exact) mass is 246 g/mol. The molecule has 0 amide bonds. The van der Waals surface area contributed by atoms with Gasteiger partial charge in [-0.3, -0.25) is 0 Å². The van der Waals surface area contributed by atoms with Crippen LogP contribution in [0.5, 0.6) is 5.75 Å². The van der Waals surface area contributed by atoms with Gasteiger partial charge in [0.05, 0.1) is 6.61 Å². The van der Waals surface area contributed by atoms with E-state index in [1.807, 2.05) is 6.07 Å². The highest BCUT2D eigenvalue weighted by Gasteiger charge is 2.13. The van der Waals surface area contributed by atoms with Crippen LogP contribution in [0.15, 0.2) is 49.3 Å². The van der Waals surface area contributed by atoms with Crippen molar-refractivity contribution in [1.82, 2.24) is 0 Å². The van der Waals surface area contributed by atoms with Gasteiger partial charge in [-0.1, -0.05) is 38.6 Å². The van der Waals surface area contributed by atoms with Crippen molar-refractivity contribution in [2.45, 2.75) is 19.8 Å². The maximum atomic E-state index is 11.9. The Bertz CT molecular complexity index is 435. The van der Waals surface area contributed by atoms with E-state index in [1.165, 1.54) is 6.08 Å². The molecule has 0 saturated heterocycles. The van der Waals surface area contributed by atoms with Crippen LogP contribution in [0.1, 0.15) is 30.1 Å². The summed E-state index contributed by atoms with van der Waals surface area (Å²) in [5.41, 5.74) is 0.400. The quantitative estimate of drug-likeness (QED) is 0.318. The van der Waals surface area contributed by atoms with Crippen molar-refractivity contribution in [2.24, 2.45) is 0 Å². The van der Waals surface area contributed by atoms with Crippen LogP contribution in [-0.4, -0.2) is 12.6 Å². The molecule has 0 N–H and O–H groups in total. The molecule has 0 unspecified atom stereocenters. The number of ether oxygens (including phenoxy) is 2. The highest BCUT2D eigenvalue weighted by molar-refractivity contribution is 5.93. The van der Waals surface area contributed by atoms with Crippen LogP contribution in [0.3, 0.4) is 0 Å². The topological polar surface area (TPSA) is 35.5 Å². The minimum Gasteiger partial charge on any atom is -0.493 e. The molecule has 0 heterocycles. The first-order chi connectivity index (χ1) is 8.69. The normalized spacial score (nSPS) is 9.61. The number of carbonyl (C=O) groups is 1. The van der Waals surface area contributed by atoms with Crippen molar-refractivity contribution in [2.75, 3.05) is 6.61 Å². The van der Waals surface area contributed by atoms with E-state index in [1.54, 1.807) is 18.2 Å². The van der Waals surface area contributed by atoms with Gasteiger partial charge in [0.2, 0.25) is 0 Å². The third-order valence-corrected chi connectivity index (χ3v) is 2.31. The molecule has 0 aliphatic carbocycles. The van der Waals surface area contributed by atoms with Crippen LogP contribution in [0, 0.1) is 0 Å². The lowest BCUT2D eigenvalue weighted by molar-refractivity contribution is 0.0634. The molecule has 1 rings (SSSR count). The first-order valence-electron chi connectivity index (χ1n) is 5.94.